The molecule has 1 N–H and O–H groups in total. The van der Waals surface area contributed by atoms with Crippen LogP contribution in [0.3, 0.4) is 0 Å². The van der Waals surface area contributed by atoms with E-state index in [4.69, 9.17) is 5.11 Å². The van der Waals surface area contributed by atoms with Gasteiger partial charge in [-0.3, -0.25) is 10.1 Å². The van der Waals surface area contributed by atoms with E-state index in [1.54, 1.807) is 0 Å². The molecule has 0 aromatic heterocycles. The van der Waals surface area contributed by atoms with Gasteiger partial charge in [-0.25, -0.2) is 4.79 Å². The first kappa shape index (κ1) is 21.4. The molecule has 0 saturated heterocycles. The van der Waals surface area contributed by atoms with Crippen LogP contribution in [0.5, 0.6) is 0 Å². The monoisotopic (exact) mass is 325 g/mol. The summed E-state index contributed by atoms with van der Waals surface area (Å²) in [6.45, 7) is 2.21. The summed E-state index contributed by atoms with van der Waals surface area (Å²) < 4.78 is 0. The molecule has 0 aliphatic carbocycles. The van der Waals surface area contributed by atoms with Crippen molar-refractivity contribution in [3.63, 3.8) is 0 Å². The Morgan fingerprint density at radius 2 is 1.57 bits per heavy atom. The van der Waals surface area contributed by atoms with Gasteiger partial charge in [-0.15, -0.1) is 0 Å². The van der Waals surface area contributed by atoms with Crippen LogP contribution in [-0.4, -0.2) is 22.0 Å². The van der Waals surface area contributed by atoms with Gasteiger partial charge < -0.3 is 5.11 Å². The number of hydrogen-bond donors (Lipinski definition) is 1. The smallest absolute Gasteiger partial charge is 0.379 e. The predicted molar refractivity (Wildman–Crippen MR) is 93.2 cm³/mol. The lowest BCUT2D eigenvalue weighted by Crippen LogP contribution is -2.28. The van der Waals surface area contributed by atoms with Gasteiger partial charge in [-0.2, -0.15) is 0 Å². The van der Waals surface area contributed by atoms with Crippen LogP contribution in [0.25, 0.3) is 0 Å². The van der Waals surface area contributed by atoms with Crippen molar-refractivity contribution in [3.05, 3.63) is 34.4 Å². The molecule has 0 saturated carbocycles. The van der Waals surface area contributed by atoms with Crippen molar-refractivity contribution in [2.24, 2.45) is 0 Å². The molecule has 1 atom stereocenters. The van der Waals surface area contributed by atoms with Gasteiger partial charge in [-0.05, 0) is 38.5 Å². The normalized spacial score (nSPS) is 12.9. The lowest BCUT2D eigenvalue weighted by Gasteiger charge is -2.04. The maximum atomic E-state index is 10.6. The highest BCUT2D eigenvalue weighted by Crippen LogP contribution is 2.10. The SMILES string of the molecule is CCCCCC=CCC=CCCCCCCC(C(=O)O)[N+](=O)[O-]. The highest BCUT2D eigenvalue weighted by Gasteiger charge is 2.27. The van der Waals surface area contributed by atoms with E-state index in [9.17, 15) is 14.9 Å². The van der Waals surface area contributed by atoms with E-state index in [-0.39, 0.29) is 6.42 Å². The fourth-order valence-corrected chi connectivity index (χ4v) is 2.29. The number of carbonyl (C=O) groups is 1. The predicted octanol–water partition coefficient (Wildman–Crippen LogP) is 5.14. The zero-order valence-corrected chi connectivity index (χ0v) is 14.3. The second kappa shape index (κ2) is 15.3. The Morgan fingerprint density at radius 3 is 2.09 bits per heavy atom. The largest absolute Gasteiger partial charge is 0.476 e. The Balaban J connectivity index is 3.46. The number of rotatable bonds is 15. The molecular formula is C18H31NO4. The van der Waals surface area contributed by atoms with E-state index in [0.717, 1.165) is 32.1 Å². The Hall–Kier alpha value is -1.65. The van der Waals surface area contributed by atoms with Crippen molar-refractivity contribution in [1.82, 2.24) is 0 Å². The lowest BCUT2D eigenvalue weighted by atomic mass is 10.1. The van der Waals surface area contributed by atoms with Crippen molar-refractivity contribution in [3.8, 4) is 0 Å². The third-order valence-corrected chi connectivity index (χ3v) is 3.72. The topological polar surface area (TPSA) is 80.4 Å². The number of carboxylic acid groups (broad SMARTS) is 1. The molecule has 23 heavy (non-hydrogen) atoms. The summed E-state index contributed by atoms with van der Waals surface area (Å²) in [4.78, 5) is 20.5. The molecule has 132 valence electrons. The first-order valence-corrected chi connectivity index (χ1v) is 8.75. The van der Waals surface area contributed by atoms with E-state index in [2.05, 4.69) is 31.2 Å². The minimum atomic E-state index is -1.45. The second-order valence-corrected chi connectivity index (χ2v) is 5.81. The number of unbranched alkanes of at least 4 members (excludes halogenated alkanes) is 7. The molecule has 0 bridgehead atoms. The van der Waals surface area contributed by atoms with Gasteiger partial charge in [-0.1, -0.05) is 56.9 Å². The molecule has 0 radical (unpaired) electrons. The fourth-order valence-electron chi connectivity index (χ4n) is 2.29. The van der Waals surface area contributed by atoms with Crippen molar-refractivity contribution in [1.29, 1.82) is 0 Å². The van der Waals surface area contributed by atoms with Crippen LogP contribution in [0.15, 0.2) is 24.3 Å². The average molecular weight is 325 g/mol. The Morgan fingerprint density at radius 1 is 1.00 bits per heavy atom. The van der Waals surface area contributed by atoms with E-state index in [1.165, 1.54) is 25.7 Å². The van der Waals surface area contributed by atoms with Gasteiger partial charge >= 0.3 is 12.0 Å². The van der Waals surface area contributed by atoms with Crippen LogP contribution in [0, 0.1) is 10.1 Å². The van der Waals surface area contributed by atoms with Crippen molar-refractivity contribution in [2.45, 2.75) is 83.6 Å². The van der Waals surface area contributed by atoms with Crippen LogP contribution in [0.1, 0.15) is 77.6 Å². The Labute approximate surface area is 139 Å². The van der Waals surface area contributed by atoms with Gasteiger partial charge in [0, 0.05) is 11.3 Å². The van der Waals surface area contributed by atoms with Gasteiger partial charge in [0.2, 0.25) is 0 Å². The van der Waals surface area contributed by atoms with E-state index in [1.807, 2.05) is 0 Å². The minimum Gasteiger partial charge on any atom is -0.476 e. The van der Waals surface area contributed by atoms with Crippen molar-refractivity contribution in [2.75, 3.05) is 0 Å². The quantitative estimate of drug-likeness (QED) is 0.196. The molecule has 5 nitrogen and oxygen atoms in total. The summed E-state index contributed by atoms with van der Waals surface area (Å²) in [6.07, 6.45) is 19.4. The third kappa shape index (κ3) is 13.7. The third-order valence-electron chi connectivity index (χ3n) is 3.72. The summed E-state index contributed by atoms with van der Waals surface area (Å²) in [7, 11) is 0. The zero-order chi connectivity index (χ0) is 17.3. The minimum absolute atomic E-state index is 0.126. The maximum absolute atomic E-state index is 10.6. The first-order chi connectivity index (χ1) is 11.1. The Bertz CT molecular complexity index is 363. The van der Waals surface area contributed by atoms with Crippen LogP contribution >= 0.6 is 0 Å². The molecule has 0 heterocycles. The highest BCUT2D eigenvalue weighted by atomic mass is 16.6. The van der Waals surface area contributed by atoms with E-state index < -0.39 is 16.9 Å². The van der Waals surface area contributed by atoms with Gasteiger partial charge in [0.05, 0.1) is 0 Å². The number of aliphatic carboxylic acids is 1. The van der Waals surface area contributed by atoms with Crippen LogP contribution in [0.2, 0.25) is 0 Å². The number of nitro groups is 1. The van der Waals surface area contributed by atoms with Crippen molar-refractivity contribution >= 4 is 5.97 Å². The molecule has 0 aliphatic rings. The van der Waals surface area contributed by atoms with Gasteiger partial charge in [0.15, 0.2) is 0 Å². The second-order valence-electron chi connectivity index (χ2n) is 5.81. The number of nitrogens with zero attached hydrogens (tertiary/aromatic N) is 1. The molecule has 5 heteroatoms. The van der Waals surface area contributed by atoms with Gasteiger partial charge in [0.1, 0.15) is 0 Å². The first-order valence-electron chi connectivity index (χ1n) is 8.75. The van der Waals surface area contributed by atoms with E-state index in [0.29, 0.717) is 6.42 Å². The molecule has 0 spiro atoms. The standard InChI is InChI=1S/C18H31NO4/c1-2-3-4-5-6-7-8-9-10-11-12-13-14-15-16-17(18(20)21)19(22)23/h6-7,9-10,17H,2-5,8,11-16H2,1H3,(H,20,21). The maximum Gasteiger partial charge on any atom is 0.379 e. The molecule has 0 rings (SSSR count). The summed E-state index contributed by atoms with van der Waals surface area (Å²) in [5.41, 5.74) is 0. The summed E-state index contributed by atoms with van der Waals surface area (Å²) in [5, 5.41) is 19.2. The van der Waals surface area contributed by atoms with Crippen LogP contribution < -0.4 is 0 Å². The fraction of sp³-hybridized carbons (Fsp3) is 0.722. The molecule has 0 aliphatic heterocycles. The molecular weight excluding hydrogens is 294 g/mol. The van der Waals surface area contributed by atoms with E-state index >= 15 is 0 Å². The summed E-state index contributed by atoms with van der Waals surface area (Å²) >= 11 is 0. The summed E-state index contributed by atoms with van der Waals surface area (Å²) in [5.74, 6) is -1.33. The average Bonchev–Trinajstić information content (AvgIpc) is 2.50. The molecule has 0 aromatic carbocycles. The Kier molecular flexibility index (Phi) is 14.2. The van der Waals surface area contributed by atoms with Gasteiger partial charge in [0.25, 0.3) is 0 Å². The zero-order valence-electron chi connectivity index (χ0n) is 14.3. The van der Waals surface area contributed by atoms with Crippen LogP contribution in [-0.2, 0) is 4.79 Å². The molecule has 0 amide bonds. The molecule has 0 aromatic rings. The molecule has 0 fully saturated rings. The molecule has 1 unspecified atom stereocenters. The number of carboxylic acids is 1. The van der Waals surface area contributed by atoms with Crippen LogP contribution in [0.4, 0.5) is 0 Å². The summed E-state index contributed by atoms with van der Waals surface area (Å²) in [6, 6.07) is -1.45. The lowest BCUT2D eigenvalue weighted by molar-refractivity contribution is -0.511. The highest BCUT2D eigenvalue weighted by molar-refractivity contribution is 5.71. The van der Waals surface area contributed by atoms with Crippen molar-refractivity contribution < 1.29 is 14.8 Å². The number of hydrogen-bond acceptors (Lipinski definition) is 3. The number of allylic oxidation sites excluding steroid dienone is 4.